The van der Waals surface area contributed by atoms with E-state index in [4.69, 9.17) is 23.7 Å². The van der Waals surface area contributed by atoms with Crippen LogP contribution in [0, 0.1) is 23.2 Å². The van der Waals surface area contributed by atoms with Gasteiger partial charge in [-0.05, 0) is 92.8 Å². The van der Waals surface area contributed by atoms with Gasteiger partial charge < -0.3 is 44.3 Å². The molecule has 0 aromatic rings. The normalized spacial score (nSPS) is 46.4. The van der Waals surface area contributed by atoms with Crippen LogP contribution in [0.2, 0.25) is 0 Å². The maximum atomic E-state index is 14.7. The summed E-state index contributed by atoms with van der Waals surface area (Å²) in [6, 6.07) is 0.173. The smallest absolute Gasteiger partial charge is 0.319 e. The first kappa shape index (κ1) is 37.6. The molecule has 2 bridgehead atoms. The van der Waals surface area contributed by atoms with Gasteiger partial charge in [0.2, 0.25) is 0 Å². The number of ketones is 1. The maximum absolute atomic E-state index is 14.7. The van der Waals surface area contributed by atoms with Crippen LogP contribution in [-0.4, -0.2) is 122 Å². The monoisotopic (exact) mass is 679 g/mol. The van der Waals surface area contributed by atoms with Crippen molar-refractivity contribution < 1.29 is 43.2 Å². The van der Waals surface area contributed by atoms with Gasteiger partial charge in [0, 0.05) is 43.1 Å². The van der Waals surface area contributed by atoms with Crippen LogP contribution < -0.4 is 10.6 Å². The SMILES string of the molecule is CC[C@H]1OC(=O)[C@@]2(C)CCO[C@@](C)(C[C@@H](C)CN[C@H](C)[C@H]3CC(=O)O[C@@]31C)[C@H](O[C@@H]1OC(CNC3CC3)CC(N(C)C)C1O)[C@@H](C)C2=O. The Labute approximate surface area is 286 Å². The molecule has 0 amide bonds. The second-order valence-corrected chi connectivity index (χ2v) is 16.3. The molecule has 0 radical (unpaired) electrons. The number of ether oxygens (including phenoxy) is 5. The number of likely N-dealkylation sites (N-methyl/N-ethyl adjacent to an activating group) is 1. The first-order valence-electron chi connectivity index (χ1n) is 18.3. The second-order valence-electron chi connectivity index (χ2n) is 16.3. The number of nitrogens with zero attached hydrogens (tertiary/aromatic N) is 1. The largest absolute Gasteiger partial charge is 0.457 e. The number of nitrogens with one attached hydrogen (secondary N) is 2. The summed E-state index contributed by atoms with van der Waals surface area (Å²) in [5.74, 6) is -2.24. The van der Waals surface area contributed by atoms with E-state index in [1.165, 1.54) is 0 Å². The average Bonchev–Trinajstić information content (AvgIpc) is 3.80. The lowest BCUT2D eigenvalue weighted by Crippen LogP contribution is -2.62. The summed E-state index contributed by atoms with van der Waals surface area (Å²) >= 11 is 0. The zero-order chi connectivity index (χ0) is 35.2. The molecule has 6 fully saturated rings. The van der Waals surface area contributed by atoms with Crippen LogP contribution >= 0.6 is 0 Å². The molecule has 6 rings (SSSR count). The molecule has 48 heavy (non-hydrogen) atoms. The number of carbonyl (C=O) groups excluding carboxylic acids is 3. The lowest BCUT2D eigenvalue weighted by atomic mass is 9.70. The molecule has 1 aliphatic carbocycles. The summed E-state index contributed by atoms with van der Waals surface area (Å²) in [5.41, 5.74) is -3.53. The number of carbonyl (C=O) groups is 3. The van der Waals surface area contributed by atoms with Crippen LogP contribution in [-0.2, 0) is 38.1 Å². The van der Waals surface area contributed by atoms with E-state index in [0.29, 0.717) is 38.4 Å². The highest BCUT2D eigenvalue weighted by atomic mass is 16.7. The van der Waals surface area contributed by atoms with Crippen LogP contribution in [0.3, 0.4) is 0 Å². The molecule has 12 heteroatoms. The van der Waals surface area contributed by atoms with Crippen molar-refractivity contribution in [2.45, 2.75) is 153 Å². The highest BCUT2D eigenvalue weighted by molar-refractivity contribution is 6.04. The first-order valence-corrected chi connectivity index (χ1v) is 18.3. The zero-order valence-electron chi connectivity index (χ0n) is 30.6. The molecule has 5 saturated heterocycles. The molecule has 3 N–H and O–H groups in total. The minimum atomic E-state index is -1.53. The molecule has 6 aliphatic rings. The van der Waals surface area contributed by atoms with Gasteiger partial charge in [0.1, 0.15) is 17.6 Å². The van der Waals surface area contributed by atoms with Gasteiger partial charge in [-0.1, -0.05) is 20.8 Å². The van der Waals surface area contributed by atoms with Crippen molar-refractivity contribution in [1.82, 2.24) is 15.5 Å². The zero-order valence-corrected chi connectivity index (χ0v) is 30.6. The van der Waals surface area contributed by atoms with Crippen molar-refractivity contribution in [3.8, 4) is 0 Å². The maximum Gasteiger partial charge on any atom is 0.319 e. The molecular weight excluding hydrogens is 618 g/mol. The summed E-state index contributed by atoms with van der Waals surface area (Å²) in [6.45, 7) is 14.7. The number of esters is 2. The fourth-order valence-electron chi connectivity index (χ4n) is 8.79. The number of hydrogen-bond donors (Lipinski definition) is 3. The third-order valence-electron chi connectivity index (χ3n) is 12.0. The van der Waals surface area contributed by atoms with Gasteiger partial charge in [0.05, 0.1) is 24.2 Å². The molecule has 5 heterocycles. The van der Waals surface area contributed by atoms with Crippen LogP contribution in [0.1, 0.15) is 93.4 Å². The van der Waals surface area contributed by atoms with Crippen LogP contribution in [0.5, 0.6) is 0 Å². The lowest BCUT2D eigenvalue weighted by molar-refractivity contribution is -0.301. The van der Waals surface area contributed by atoms with E-state index in [2.05, 4.69) is 17.6 Å². The van der Waals surface area contributed by atoms with Gasteiger partial charge in [-0.25, -0.2) is 0 Å². The van der Waals surface area contributed by atoms with Gasteiger partial charge in [0.25, 0.3) is 0 Å². The Morgan fingerprint density at radius 2 is 1.81 bits per heavy atom. The summed E-state index contributed by atoms with van der Waals surface area (Å²) in [5, 5.41) is 18.8. The molecule has 1 saturated carbocycles. The molecule has 0 aromatic carbocycles. The van der Waals surface area contributed by atoms with Crippen LogP contribution in [0.15, 0.2) is 0 Å². The Hall–Kier alpha value is -1.67. The van der Waals surface area contributed by atoms with Crippen LogP contribution in [0.25, 0.3) is 0 Å². The van der Waals surface area contributed by atoms with E-state index in [0.717, 1.165) is 12.8 Å². The van der Waals surface area contributed by atoms with Gasteiger partial charge in [-0.15, -0.1) is 0 Å². The Morgan fingerprint density at radius 3 is 2.46 bits per heavy atom. The molecule has 0 spiro atoms. The standard InChI is InChI=1S/C36H61N3O9/c1-10-27-36(7)25(16-28(40)48-36)22(4)37-18-20(2)17-35(6)31(21(3)30(42)34(5,13-14-44-35)33(43)46-27)47-32-29(41)26(39(8)9)15-24(45-32)19-38-23-11-12-23/h20-27,29,31-32,37-38,41H,10-19H2,1-9H3/t20-,21+,22-,24?,25-,26?,27-,29?,31-,32+,34+,35+,36+/m1/s1. The van der Waals surface area contributed by atoms with Crippen molar-refractivity contribution in [2.24, 2.45) is 23.2 Å². The van der Waals surface area contributed by atoms with Crippen molar-refractivity contribution in [3.63, 3.8) is 0 Å². The Bertz CT molecular complexity index is 1180. The van der Waals surface area contributed by atoms with E-state index >= 15 is 0 Å². The summed E-state index contributed by atoms with van der Waals surface area (Å²) < 4.78 is 32.1. The van der Waals surface area contributed by atoms with Crippen LogP contribution in [0.4, 0.5) is 0 Å². The van der Waals surface area contributed by atoms with E-state index in [-0.39, 0.29) is 61.2 Å². The van der Waals surface area contributed by atoms with Gasteiger partial charge >= 0.3 is 11.9 Å². The van der Waals surface area contributed by atoms with Gasteiger partial charge in [-0.3, -0.25) is 14.4 Å². The number of rotatable bonds is 7. The van der Waals surface area contributed by atoms with Crippen molar-refractivity contribution >= 4 is 17.7 Å². The topological polar surface area (TPSA) is 145 Å². The highest BCUT2D eigenvalue weighted by Gasteiger charge is 2.58. The average molecular weight is 680 g/mol. The summed E-state index contributed by atoms with van der Waals surface area (Å²) in [6.07, 6.45) is 0.508. The number of aliphatic hydroxyl groups is 1. The third kappa shape index (κ3) is 7.50. The molecule has 3 unspecified atom stereocenters. The predicted molar refractivity (Wildman–Crippen MR) is 178 cm³/mol. The minimum Gasteiger partial charge on any atom is -0.457 e. The molecule has 5 aliphatic heterocycles. The molecule has 13 atom stereocenters. The van der Waals surface area contributed by atoms with Gasteiger partial charge in [-0.2, -0.15) is 0 Å². The van der Waals surface area contributed by atoms with Crippen molar-refractivity contribution in [3.05, 3.63) is 0 Å². The second kappa shape index (κ2) is 14.5. The molecule has 0 aromatic heterocycles. The van der Waals surface area contributed by atoms with E-state index < -0.39 is 53.1 Å². The number of aliphatic hydroxyl groups excluding tert-OH is 1. The Balaban J connectivity index is 1.50. The highest BCUT2D eigenvalue weighted by Crippen LogP contribution is 2.45. The van der Waals surface area contributed by atoms with Crippen molar-refractivity contribution in [2.75, 3.05) is 33.8 Å². The summed E-state index contributed by atoms with van der Waals surface area (Å²) in [4.78, 5) is 43.5. The third-order valence-corrected chi connectivity index (χ3v) is 12.0. The number of hydrogen-bond acceptors (Lipinski definition) is 12. The molecule has 274 valence electrons. The molecular formula is C36H61N3O9. The molecule has 12 nitrogen and oxygen atoms in total. The van der Waals surface area contributed by atoms with Gasteiger partial charge in [0.15, 0.2) is 17.7 Å². The van der Waals surface area contributed by atoms with E-state index in [1.807, 2.05) is 46.7 Å². The Kier molecular flexibility index (Phi) is 11.4. The first-order chi connectivity index (χ1) is 22.5. The fourth-order valence-corrected chi connectivity index (χ4v) is 8.79. The van der Waals surface area contributed by atoms with E-state index in [1.54, 1.807) is 13.8 Å². The van der Waals surface area contributed by atoms with E-state index in [9.17, 15) is 19.5 Å². The summed E-state index contributed by atoms with van der Waals surface area (Å²) in [7, 11) is 3.88. The fraction of sp³-hybridized carbons (Fsp3) is 0.917. The predicted octanol–water partition coefficient (Wildman–Crippen LogP) is 2.58. The number of fused-ring (bicyclic) bond motifs is 10. The Morgan fingerprint density at radius 1 is 1.10 bits per heavy atom. The lowest BCUT2D eigenvalue weighted by Gasteiger charge is -2.49. The minimum absolute atomic E-state index is 0.0770. The quantitative estimate of drug-likeness (QED) is 0.269. The number of Topliss-reactive ketones (excluding diaryl/α,β-unsaturated/α-hetero) is 1. The van der Waals surface area contributed by atoms with Crippen molar-refractivity contribution in [1.29, 1.82) is 0 Å².